The van der Waals surface area contributed by atoms with Gasteiger partial charge < -0.3 is 14.6 Å². The zero-order chi connectivity index (χ0) is 11.6. The SMILES string of the molecule is O=C(CCOCCO)OCc1ccccc1. The van der Waals surface area contributed by atoms with E-state index < -0.39 is 0 Å². The van der Waals surface area contributed by atoms with Crippen LogP contribution in [0.3, 0.4) is 0 Å². The van der Waals surface area contributed by atoms with Crippen molar-refractivity contribution in [3.05, 3.63) is 35.9 Å². The Morgan fingerprint density at radius 1 is 1.19 bits per heavy atom. The fraction of sp³-hybridized carbons (Fsp3) is 0.417. The molecule has 1 rings (SSSR count). The van der Waals surface area contributed by atoms with Gasteiger partial charge in [-0.15, -0.1) is 0 Å². The molecule has 0 aliphatic carbocycles. The highest BCUT2D eigenvalue weighted by Crippen LogP contribution is 2.01. The van der Waals surface area contributed by atoms with Gasteiger partial charge in [-0.2, -0.15) is 0 Å². The summed E-state index contributed by atoms with van der Waals surface area (Å²) in [5, 5.41) is 8.44. The van der Waals surface area contributed by atoms with E-state index in [1.807, 2.05) is 30.3 Å². The van der Waals surface area contributed by atoms with Gasteiger partial charge in [0.2, 0.25) is 0 Å². The van der Waals surface area contributed by atoms with Crippen molar-refractivity contribution in [2.75, 3.05) is 19.8 Å². The zero-order valence-electron chi connectivity index (χ0n) is 9.09. The topological polar surface area (TPSA) is 55.8 Å². The first-order chi connectivity index (χ1) is 7.83. The van der Waals surface area contributed by atoms with E-state index in [1.165, 1.54) is 0 Å². The zero-order valence-corrected chi connectivity index (χ0v) is 9.09. The number of aliphatic hydroxyl groups is 1. The summed E-state index contributed by atoms with van der Waals surface area (Å²) in [6, 6.07) is 9.50. The van der Waals surface area contributed by atoms with Gasteiger partial charge in [0, 0.05) is 0 Å². The summed E-state index contributed by atoms with van der Waals surface area (Å²) < 4.78 is 9.98. The van der Waals surface area contributed by atoms with Gasteiger partial charge in [0.1, 0.15) is 6.61 Å². The molecule has 0 amide bonds. The Balaban J connectivity index is 2.11. The van der Waals surface area contributed by atoms with Crippen LogP contribution < -0.4 is 0 Å². The average molecular weight is 224 g/mol. The molecule has 0 aliphatic heterocycles. The fourth-order valence-corrected chi connectivity index (χ4v) is 1.13. The molecular formula is C12H16O4. The molecule has 1 aromatic rings. The van der Waals surface area contributed by atoms with Gasteiger partial charge in [-0.1, -0.05) is 30.3 Å². The molecule has 0 aromatic heterocycles. The van der Waals surface area contributed by atoms with E-state index in [0.717, 1.165) is 5.56 Å². The minimum atomic E-state index is -0.290. The largest absolute Gasteiger partial charge is 0.461 e. The Labute approximate surface area is 94.8 Å². The molecule has 0 radical (unpaired) electrons. The summed E-state index contributed by atoms with van der Waals surface area (Å²) in [4.78, 5) is 11.2. The van der Waals surface area contributed by atoms with Crippen LogP contribution in [0.15, 0.2) is 30.3 Å². The Bertz CT molecular complexity index is 297. The van der Waals surface area contributed by atoms with Crippen molar-refractivity contribution in [3.8, 4) is 0 Å². The van der Waals surface area contributed by atoms with Crippen molar-refractivity contribution in [2.24, 2.45) is 0 Å². The van der Waals surface area contributed by atoms with Crippen LogP contribution in [0.5, 0.6) is 0 Å². The molecule has 0 atom stereocenters. The van der Waals surface area contributed by atoms with Crippen LogP contribution in [-0.2, 0) is 20.9 Å². The lowest BCUT2D eigenvalue weighted by molar-refractivity contribution is -0.146. The highest BCUT2D eigenvalue weighted by Gasteiger charge is 2.02. The third kappa shape index (κ3) is 5.48. The molecule has 0 bridgehead atoms. The number of ether oxygens (including phenoxy) is 2. The molecule has 0 fully saturated rings. The van der Waals surface area contributed by atoms with Crippen LogP contribution in [-0.4, -0.2) is 30.9 Å². The summed E-state index contributed by atoms with van der Waals surface area (Å²) in [7, 11) is 0. The third-order valence-electron chi connectivity index (χ3n) is 1.93. The van der Waals surface area contributed by atoms with Crippen molar-refractivity contribution < 1.29 is 19.4 Å². The van der Waals surface area contributed by atoms with Crippen LogP contribution in [0.4, 0.5) is 0 Å². The molecule has 0 aliphatic rings. The Morgan fingerprint density at radius 2 is 1.94 bits per heavy atom. The maximum absolute atomic E-state index is 11.2. The summed E-state index contributed by atoms with van der Waals surface area (Å²) in [6.07, 6.45) is 0.215. The van der Waals surface area contributed by atoms with Crippen molar-refractivity contribution in [2.45, 2.75) is 13.0 Å². The lowest BCUT2D eigenvalue weighted by atomic mass is 10.2. The molecule has 0 heterocycles. The molecule has 88 valence electrons. The number of carbonyl (C=O) groups is 1. The van der Waals surface area contributed by atoms with Gasteiger partial charge in [0.05, 0.1) is 26.2 Å². The van der Waals surface area contributed by atoms with E-state index in [9.17, 15) is 4.79 Å². The summed E-state index contributed by atoms with van der Waals surface area (Å²) in [5.74, 6) is -0.290. The van der Waals surface area contributed by atoms with Gasteiger partial charge in [0.25, 0.3) is 0 Å². The first-order valence-corrected chi connectivity index (χ1v) is 5.21. The molecule has 0 saturated heterocycles. The van der Waals surface area contributed by atoms with Crippen LogP contribution in [0.1, 0.15) is 12.0 Å². The third-order valence-corrected chi connectivity index (χ3v) is 1.93. The second-order valence-electron chi connectivity index (χ2n) is 3.23. The van der Waals surface area contributed by atoms with Crippen molar-refractivity contribution in [1.29, 1.82) is 0 Å². The van der Waals surface area contributed by atoms with Crippen molar-refractivity contribution in [3.63, 3.8) is 0 Å². The quantitative estimate of drug-likeness (QED) is 0.557. The molecule has 16 heavy (non-hydrogen) atoms. The van der Waals surface area contributed by atoms with E-state index >= 15 is 0 Å². The number of carbonyl (C=O) groups excluding carboxylic acids is 1. The normalized spacial score (nSPS) is 10.1. The predicted molar refractivity (Wildman–Crippen MR) is 58.8 cm³/mol. The molecule has 0 saturated carbocycles. The molecule has 4 nitrogen and oxygen atoms in total. The van der Waals surface area contributed by atoms with E-state index in [-0.39, 0.29) is 32.2 Å². The number of hydrogen-bond acceptors (Lipinski definition) is 4. The predicted octanol–water partition coefficient (Wildman–Crippen LogP) is 1.13. The van der Waals surface area contributed by atoms with Crippen LogP contribution in [0.2, 0.25) is 0 Å². The Kier molecular flexibility index (Phi) is 6.22. The molecular weight excluding hydrogens is 208 g/mol. The second kappa shape index (κ2) is 7.84. The monoisotopic (exact) mass is 224 g/mol. The highest BCUT2D eigenvalue weighted by molar-refractivity contribution is 5.69. The number of esters is 1. The molecule has 4 heteroatoms. The molecule has 1 N–H and O–H groups in total. The lowest BCUT2D eigenvalue weighted by Gasteiger charge is -2.05. The van der Waals surface area contributed by atoms with Crippen LogP contribution in [0, 0.1) is 0 Å². The van der Waals surface area contributed by atoms with E-state index in [4.69, 9.17) is 14.6 Å². The smallest absolute Gasteiger partial charge is 0.308 e. The minimum absolute atomic E-state index is 0.0287. The maximum atomic E-state index is 11.2. The van der Waals surface area contributed by atoms with Crippen LogP contribution >= 0.6 is 0 Å². The van der Waals surface area contributed by atoms with Gasteiger partial charge in [-0.3, -0.25) is 4.79 Å². The first-order valence-electron chi connectivity index (χ1n) is 5.21. The summed E-state index contributed by atoms with van der Waals surface area (Å²) >= 11 is 0. The molecule has 0 unspecified atom stereocenters. The second-order valence-corrected chi connectivity index (χ2v) is 3.23. The molecule has 1 aromatic carbocycles. The van der Waals surface area contributed by atoms with Crippen LogP contribution in [0.25, 0.3) is 0 Å². The van der Waals surface area contributed by atoms with E-state index in [2.05, 4.69) is 0 Å². The Morgan fingerprint density at radius 3 is 2.62 bits per heavy atom. The molecule has 0 spiro atoms. The highest BCUT2D eigenvalue weighted by atomic mass is 16.5. The standard InChI is InChI=1S/C12H16O4/c13-7-9-15-8-6-12(14)16-10-11-4-2-1-3-5-11/h1-5,13H,6-10H2. The average Bonchev–Trinajstić information content (AvgIpc) is 2.33. The first kappa shape index (κ1) is 12.7. The van der Waals surface area contributed by atoms with E-state index in [0.29, 0.717) is 6.61 Å². The number of rotatable bonds is 7. The maximum Gasteiger partial charge on any atom is 0.308 e. The van der Waals surface area contributed by atoms with Gasteiger partial charge in [-0.05, 0) is 5.56 Å². The van der Waals surface area contributed by atoms with Crippen molar-refractivity contribution >= 4 is 5.97 Å². The number of benzene rings is 1. The lowest BCUT2D eigenvalue weighted by Crippen LogP contribution is -2.09. The van der Waals surface area contributed by atoms with Gasteiger partial charge in [0.15, 0.2) is 0 Å². The summed E-state index contributed by atoms with van der Waals surface area (Å²) in [6.45, 7) is 0.804. The van der Waals surface area contributed by atoms with Crippen molar-refractivity contribution in [1.82, 2.24) is 0 Å². The summed E-state index contributed by atoms with van der Waals surface area (Å²) in [5.41, 5.74) is 0.965. The fourth-order valence-electron chi connectivity index (χ4n) is 1.13. The van der Waals surface area contributed by atoms with Gasteiger partial charge >= 0.3 is 5.97 Å². The number of aliphatic hydroxyl groups excluding tert-OH is 1. The minimum Gasteiger partial charge on any atom is -0.461 e. The number of hydrogen-bond donors (Lipinski definition) is 1. The van der Waals surface area contributed by atoms with Gasteiger partial charge in [-0.25, -0.2) is 0 Å². The Hall–Kier alpha value is -1.39. The van der Waals surface area contributed by atoms with E-state index in [1.54, 1.807) is 0 Å².